The number of nitrogens with one attached hydrogen (secondary N) is 1. The number of hydrazone groups is 1. The lowest BCUT2D eigenvalue weighted by Gasteiger charge is -2.30. The average molecular weight is 354 g/mol. The van der Waals surface area contributed by atoms with Crippen molar-refractivity contribution in [3.8, 4) is 5.75 Å². The monoisotopic (exact) mass is 353 g/mol. The van der Waals surface area contributed by atoms with Gasteiger partial charge in [0.15, 0.2) is 0 Å². The summed E-state index contributed by atoms with van der Waals surface area (Å²) >= 11 is 0. The maximum absolute atomic E-state index is 10.3. The second kappa shape index (κ2) is 6.92. The fourth-order valence-corrected chi connectivity index (χ4v) is 3.27. The van der Waals surface area contributed by atoms with Gasteiger partial charge in [-0.25, -0.2) is 10.5 Å². The molecule has 1 aliphatic heterocycles. The van der Waals surface area contributed by atoms with Crippen molar-refractivity contribution >= 4 is 5.71 Å². The van der Waals surface area contributed by atoms with Gasteiger partial charge in [0.2, 0.25) is 0 Å². The maximum atomic E-state index is 10.3. The standard InChI is InChI=1S/C22H31N3O/c1-21(2,3)12-13-22(4,5)17-10-11-20(26)16(14-17)15-25-23-18-8-6-7-9-19(18)24-25/h6-11,14,18,23,26H,12-13,15H2,1-5H3. The number of phenols is 1. The number of aromatic hydroxyl groups is 1. The van der Waals surface area contributed by atoms with Gasteiger partial charge in [0, 0.05) is 5.56 Å². The average Bonchev–Trinajstić information content (AvgIpc) is 2.97. The largest absolute Gasteiger partial charge is 0.508 e. The maximum Gasteiger partial charge on any atom is 0.120 e. The van der Waals surface area contributed by atoms with Gasteiger partial charge < -0.3 is 5.11 Å². The molecular formula is C22H31N3O. The molecule has 0 aromatic heterocycles. The summed E-state index contributed by atoms with van der Waals surface area (Å²) in [5.74, 6) is 0.323. The lowest BCUT2D eigenvalue weighted by atomic mass is 9.75. The Hall–Kier alpha value is -2.07. The van der Waals surface area contributed by atoms with Crippen LogP contribution in [0.5, 0.6) is 5.75 Å². The minimum absolute atomic E-state index is 0.0690. The minimum atomic E-state index is 0.0690. The van der Waals surface area contributed by atoms with Crippen LogP contribution in [0.3, 0.4) is 0 Å². The lowest BCUT2D eigenvalue weighted by Crippen LogP contribution is -2.36. The molecule has 0 radical (unpaired) electrons. The van der Waals surface area contributed by atoms with E-state index in [1.807, 2.05) is 29.4 Å². The lowest BCUT2D eigenvalue weighted by molar-refractivity contribution is 0.206. The van der Waals surface area contributed by atoms with Crippen molar-refractivity contribution in [3.63, 3.8) is 0 Å². The Morgan fingerprint density at radius 1 is 1.12 bits per heavy atom. The number of allylic oxidation sites excluding steroid dienone is 2. The van der Waals surface area contributed by atoms with E-state index in [1.54, 1.807) is 0 Å². The number of hydrazine groups is 1. The number of benzene rings is 1. The summed E-state index contributed by atoms with van der Waals surface area (Å²) < 4.78 is 0. The molecule has 1 aliphatic carbocycles. The molecule has 2 aliphatic rings. The molecule has 4 heteroatoms. The third kappa shape index (κ3) is 4.36. The number of hydrogen-bond acceptors (Lipinski definition) is 4. The van der Waals surface area contributed by atoms with Crippen molar-refractivity contribution < 1.29 is 5.11 Å². The van der Waals surface area contributed by atoms with E-state index in [0.717, 1.165) is 24.1 Å². The summed E-state index contributed by atoms with van der Waals surface area (Å²) in [5.41, 5.74) is 6.91. The van der Waals surface area contributed by atoms with Gasteiger partial charge in [-0.2, -0.15) is 5.10 Å². The fourth-order valence-electron chi connectivity index (χ4n) is 3.27. The van der Waals surface area contributed by atoms with Crippen LogP contribution in [0, 0.1) is 5.41 Å². The van der Waals surface area contributed by atoms with Gasteiger partial charge in [-0.05, 0) is 47.4 Å². The SMILES string of the molecule is CC(C)(C)CCC(C)(C)c1ccc(O)c(CN2N=C3C=CC=CC3N2)c1. The van der Waals surface area contributed by atoms with Gasteiger partial charge in [0.05, 0.1) is 18.3 Å². The first-order valence-corrected chi connectivity index (χ1v) is 9.44. The molecule has 0 saturated carbocycles. The van der Waals surface area contributed by atoms with Crippen LogP contribution in [0.15, 0.2) is 47.6 Å². The van der Waals surface area contributed by atoms with E-state index in [9.17, 15) is 5.11 Å². The van der Waals surface area contributed by atoms with Crippen molar-refractivity contribution in [1.29, 1.82) is 0 Å². The molecular weight excluding hydrogens is 322 g/mol. The van der Waals surface area contributed by atoms with E-state index in [2.05, 4.69) is 63.4 Å². The Kier molecular flexibility index (Phi) is 4.98. The summed E-state index contributed by atoms with van der Waals surface area (Å²) in [6, 6.07) is 6.14. The number of fused-ring (bicyclic) bond motifs is 1. The fraction of sp³-hybridized carbons (Fsp3) is 0.500. The highest BCUT2D eigenvalue weighted by atomic mass is 16.3. The second-order valence-corrected chi connectivity index (χ2v) is 9.22. The zero-order chi connectivity index (χ0) is 18.9. The quantitative estimate of drug-likeness (QED) is 0.809. The first-order chi connectivity index (χ1) is 12.1. The predicted octanol–water partition coefficient (Wildman–Crippen LogP) is 4.67. The minimum Gasteiger partial charge on any atom is -0.508 e. The van der Waals surface area contributed by atoms with Gasteiger partial charge in [-0.15, -0.1) is 0 Å². The van der Waals surface area contributed by atoms with Crippen LogP contribution < -0.4 is 5.43 Å². The number of hydrogen-bond donors (Lipinski definition) is 2. The predicted molar refractivity (Wildman–Crippen MR) is 108 cm³/mol. The van der Waals surface area contributed by atoms with E-state index in [0.29, 0.717) is 17.7 Å². The van der Waals surface area contributed by atoms with Crippen LogP contribution in [-0.2, 0) is 12.0 Å². The highest BCUT2D eigenvalue weighted by Gasteiger charge is 2.26. The molecule has 0 saturated heterocycles. The number of rotatable bonds is 5. The summed E-state index contributed by atoms with van der Waals surface area (Å²) in [7, 11) is 0. The molecule has 1 heterocycles. The summed E-state index contributed by atoms with van der Waals surface area (Å²) in [5, 5.41) is 16.8. The van der Waals surface area contributed by atoms with Crippen molar-refractivity contribution in [3.05, 3.63) is 53.6 Å². The normalized spacial score (nSPS) is 19.7. The van der Waals surface area contributed by atoms with Crippen molar-refractivity contribution in [1.82, 2.24) is 10.5 Å². The van der Waals surface area contributed by atoms with Gasteiger partial charge >= 0.3 is 0 Å². The van der Waals surface area contributed by atoms with E-state index in [1.165, 1.54) is 5.56 Å². The molecule has 1 atom stereocenters. The third-order valence-electron chi connectivity index (χ3n) is 5.21. The van der Waals surface area contributed by atoms with E-state index in [-0.39, 0.29) is 11.5 Å². The molecule has 3 rings (SSSR count). The molecule has 4 nitrogen and oxygen atoms in total. The Morgan fingerprint density at radius 2 is 1.88 bits per heavy atom. The van der Waals surface area contributed by atoms with Crippen LogP contribution in [0.4, 0.5) is 0 Å². The molecule has 0 spiro atoms. The van der Waals surface area contributed by atoms with Crippen molar-refractivity contribution in [2.24, 2.45) is 10.5 Å². The topological polar surface area (TPSA) is 47.9 Å². The van der Waals surface area contributed by atoms with E-state index in [4.69, 9.17) is 0 Å². The molecule has 0 amide bonds. The molecule has 140 valence electrons. The smallest absolute Gasteiger partial charge is 0.120 e. The first-order valence-electron chi connectivity index (χ1n) is 9.44. The second-order valence-electron chi connectivity index (χ2n) is 9.22. The van der Waals surface area contributed by atoms with Crippen molar-refractivity contribution in [2.45, 2.75) is 65.5 Å². The van der Waals surface area contributed by atoms with E-state index < -0.39 is 0 Å². The zero-order valence-electron chi connectivity index (χ0n) is 16.6. The third-order valence-corrected chi connectivity index (χ3v) is 5.21. The highest BCUT2D eigenvalue weighted by Crippen LogP contribution is 2.35. The number of nitrogens with zero attached hydrogens (tertiary/aromatic N) is 2. The molecule has 26 heavy (non-hydrogen) atoms. The van der Waals surface area contributed by atoms with Gasteiger partial charge in [0.1, 0.15) is 5.75 Å². The van der Waals surface area contributed by atoms with Crippen LogP contribution >= 0.6 is 0 Å². The zero-order valence-corrected chi connectivity index (χ0v) is 16.6. The van der Waals surface area contributed by atoms with Gasteiger partial charge in [0.25, 0.3) is 0 Å². The van der Waals surface area contributed by atoms with Gasteiger partial charge in [-0.3, -0.25) is 0 Å². The Morgan fingerprint density at radius 3 is 2.58 bits per heavy atom. The Balaban J connectivity index is 1.75. The first kappa shape index (κ1) is 18.7. The Bertz CT molecular complexity index is 753. The van der Waals surface area contributed by atoms with Crippen LogP contribution in [0.1, 0.15) is 58.6 Å². The highest BCUT2D eigenvalue weighted by molar-refractivity contribution is 6.02. The molecule has 0 bridgehead atoms. The van der Waals surface area contributed by atoms with Gasteiger partial charge in [-0.1, -0.05) is 58.9 Å². The van der Waals surface area contributed by atoms with Crippen LogP contribution in [0.2, 0.25) is 0 Å². The Labute approximate surface area is 157 Å². The number of phenolic OH excluding ortho intramolecular Hbond substituents is 1. The summed E-state index contributed by atoms with van der Waals surface area (Å²) in [4.78, 5) is 0. The molecule has 2 N–H and O–H groups in total. The molecule has 1 unspecified atom stereocenters. The van der Waals surface area contributed by atoms with Crippen molar-refractivity contribution in [2.75, 3.05) is 0 Å². The van der Waals surface area contributed by atoms with E-state index >= 15 is 0 Å². The molecule has 1 aromatic rings. The molecule has 1 aromatic carbocycles. The van der Waals surface area contributed by atoms with Crippen LogP contribution in [0.25, 0.3) is 0 Å². The summed E-state index contributed by atoms with van der Waals surface area (Å²) in [6.45, 7) is 12.0. The van der Waals surface area contributed by atoms with Crippen LogP contribution in [-0.4, -0.2) is 22.0 Å². The summed E-state index contributed by atoms with van der Waals surface area (Å²) in [6.07, 6.45) is 10.4. The molecule has 0 fully saturated rings.